The summed E-state index contributed by atoms with van der Waals surface area (Å²) in [6, 6.07) is 5.56. The minimum atomic E-state index is -0.0736. The van der Waals surface area contributed by atoms with Crippen LogP contribution in [0.4, 0.5) is 10.1 Å². The number of rotatable bonds is 3. The van der Waals surface area contributed by atoms with Crippen LogP contribution in [-0.2, 0) is 0 Å². The first-order valence-corrected chi connectivity index (χ1v) is 7.11. The van der Waals surface area contributed by atoms with Gasteiger partial charge < -0.3 is 4.90 Å². The summed E-state index contributed by atoms with van der Waals surface area (Å²) < 4.78 is 13.9. The van der Waals surface area contributed by atoms with Crippen LogP contribution < -0.4 is 4.90 Å². The van der Waals surface area contributed by atoms with Crippen molar-refractivity contribution in [1.29, 1.82) is 0 Å². The Hall–Kier alpha value is -1.05. The largest absolute Gasteiger partial charge is 0.369 e. The molecule has 1 aliphatic heterocycles. The molecular weight excluding hydrogens is 225 g/mol. The molecule has 18 heavy (non-hydrogen) atoms. The zero-order valence-electron chi connectivity index (χ0n) is 11.8. The molecule has 0 aromatic heterocycles. The normalized spacial score (nSPS) is 19.0. The molecule has 0 radical (unpaired) electrons. The van der Waals surface area contributed by atoms with E-state index in [2.05, 4.69) is 18.7 Å². The molecule has 1 heterocycles. The molecule has 0 bridgehead atoms. The maximum atomic E-state index is 13.9. The van der Waals surface area contributed by atoms with E-state index in [1.807, 2.05) is 19.1 Å². The predicted molar refractivity (Wildman–Crippen MR) is 75.6 cm³/mol. The van der Waals surface area contributed by atoms with E-state index in [0.717, 1.165) is 24.3 Å². The van der Waals surface area contributed by atoms with E-state index in [4.69, 9.17) is 0 Å². The first-order valence-electron chi connectivity index (χ1n) is 7.11. The number of hydrogen-bond acceptors (Lipinski definition) is 1. The lowest BCUT2D eigenvalue weighted by Gasteiger charge is -2.42. The summed E-state index contributed by atoms with van der Waals surface area (Å²) >= 11 is 0. The Morgan fingerprint density at radius 1 is 1.17 bits per heavy atom. The molecule has 0 spiro atoms. The van der Waals surface area contributed by atoms with E-state index in [0.29, 0.717) is 5.41 Å². The van der Waals surface area contributed by atoms with Crippen molar-refractivity contribution in [2.45, 2.75) is 46.5 Å². The quantitative estimate of drug-likeness (QED) is 0.760. The van der Waals surface area contributed by atoms with Crippen LogP contribution in [-0.4, -0.2) is 13.1 Å². The third kappa shape index (κ3) is 2.52. The van der Waals surface area contributed by atoms with E-state index in [1.165, 1.54) is 25.7 Å². The van der Waals surface area contributed by atoms with Crippen LogP contribution in [0, 0.1) is 18.2 Å². The number of hydrogen-bond donors (Lipinski definition) is 0. The standard InChI is InChI=1S/C16H24FN/c1-4-16(5-2)8-10-18(11-9-16)15-7-6-13(3)12-14(15)17/h6-7,12H,4-5,8-11H2,1-3H3. The first kappa shape index (κ1) is 13.4. The lowest BCUT2D eigenvalue weighted by atomic mass is 9.74. The summed E-state index contributed by atoms with van der Waals surface area (Å²) in [6.45, 7) is 8.48. The molecule has 0 unspecified atom stereocenters. The number of halogens is 1. The SMILES string of the molecule is CCC1(CC)CCN(c2ccc(C)cc2F)CC1. The minimum absolute atomic E-state index is 0.0736. The van der Waals surface area contributed by atoms with E-state index < -0.39 is 0 Å². The second-order valence-electron chi connectivity index (χ2n) is 5.65. The highest BCUT2D eigenvalue weighted by atomic mass is 19.1. The lowest BCUT2D eigenvalue weighted by molar-refractivity contribution is 0.199. The van der Waals surface area contributed by atoms with Gasteiger partial charge in [0.25, 0.3) is 0 Å². The highest BCUT2D eigenvalue weighted by Crippen LogP contribution is 2.39. The smallest absolute Gasteiger partial charge is 0.146 e. The number of aryl methyl sites for hydroxylation is 1. The molecule has 2 rings (SSSR count). The van der Waals surface area contributed by atoms with Crippen LogP contribution in [0.3, 0.4) is 0 Å². The molecule has 1 saturated heterocycles. The molecule has 100 valence electrons. The van der Waals surface area contributed by atoms with Gasteiger partial charge in [0.05, 0.1) is 5.69 Å². The zero-order valence-corrected chi connectivity index (χ0v) is 11.8. The average Bonchev–Trinajstić information content (AvgIpc) is 2.39. The van der Waals surface area contributed by atoms with Gasteiger partial charge in [-0.1, -0.05) is 32.8 Å². The summed E-state index contributed by atoms with van der Waals surface area (Å²) in [5.41, 5.74) is 2.27. The monoisotopic (exact) mass is 249 g/mol. The summed E-state index contributed by atoms with van der Waals surface area (Å²) in [7, 11) is 0. The second kappa shape index (κ2) is 5.29. The Morgan fingerprint density at radius 3 is 2.28 bits per heavy atom. The van der Waals surface area contributed by atoms with Gasteiger partial charge in [0.1, 0.15) is 5.82 Å². The average molecular weight is 249 g/mol. The number of piperidine rings is 1. The van der Waals surface area contributed by atoms with E-state index in [9.17, 15) is 4.39 Å². The van der Waals surface area contributed by atoms with Crippen LogP contribution in [0.5, 0.6) is 0 Å². The Morgan fingerprint density at radius 2 is 1.78 bits per heavy atom. The van der Waals surface area contributed by atoms with E-state index >= 15 is 0 Å². The molecule has 1 aromatic rings. The molecule has 1 aromatic carbocycles. The molecular formula is C16H24FN. The number of nitrogens with zero attached hydrogens (tertiary/aromatic N) is 1. The van der Waals surface area contributed by atoms with Crippen molar-refractivity contribution in [2.75, 3.05) is 18.0 Å². The van der Waals surface area contributed by atoms with E-state index in [-0.39, 0.29) is 5.82 Å². The summed E-state index contributed by atoms with van der Waals surface area (Å²) in [6.07, 6.45) is 4.86. The summed E-state index contributed by atoms with van der Waals surface area (Å²) in [5, 5.41) is 0. The number of anilines is 1. The molecule has 0 aliphatic carbocycles. The molecule has 0 amide bonds. The maximum Gasteiger partial charge on any atom is 0.146 e. The first-order chi connectivity index (χ1) is 8.60. The van der Waals surface area contributed by atoms with Crippen molar-refractivity contribution >= 4 is 5.69 Å². The second-order valence-corrected chi connectivity index (χ2v) is 5.65. The van der Waals surface area contributed by atoms with Crippen LogP contribution in [0.15, 0.2) is 18.2 Å². The summed E-state index contributed by atoms with van der Waals surface area (Å²) in [4.78, 5) is 2.21. The van der Waals surface area contributed by atoms with E-state index in [1.54, 1.807) is 6.07 Å². The predicted octanol–water partition coefficient (Wildman–Crippen LogP) is 4.54. The van der Waals surface area contributed by atoms with Crippen molar-refractivity contribution in [3.63, 3.8) is 0 Å². The summed E-state index contributed by atoms with van der Waals surface area (Å²) in [5.74, 6) is -0.0736. The van der Waals surface area contributed by atoms with Crippen LogP contribution >= 0.6 is 0 Å². The van der Waals surface area contributed by atoms with Crippen molar-refractivity contribution in [3.8, 4) is 0 Å². The highest BCUT2D eigenvalue weighted by molar-refractivity contribution is 5.49. The fraction of sp³-hybridized carbons (Fsp3) is 0.625. The lowest BCUT2D eigenvalue weighted by Crippen LogP contribution is -2.40. The van der Waals surface area contributed by atoms with Gasteiger partial charge in [-0.05, 0) is 42.9 Å². The topological polar surface area (TPSA) is 3.24 Å². The third-order valence-electron chi connectivity index (χ3n) is 4.77. The van der Waals surface area contributed by atoms with Gasteiger partial charge in [0, 0.05) is 13.1 Å². The Labute approximate surface area is 110 Å². The van der Waals surface area contributed by atoms with Crippen LogP contribution in [0.2, 0.25) is 0 Å². The van der Waals surface area contributed by atoms with Gasteiger partial charge in [-0.15, -0.1) is 0 Å². The molecule has 1 nitrogen and oxygen atoms in total. The molecule has 1 aliphatic rings. The molecule has 0 N–H and O–H groups in total. The van der Waals surface area contributed by atoms with Gasteiger partial charge in [0.15, 0.2) is 0 Å². The highest BCUT2D eigenvalue weighted by Gasteiger charge is 2.31. The molecule has 2 heteroatoms. The molecule has 1 fully saturated rings. The molecule has 0 atom stereocenters. The van der Waals surface area contributed by atoms with Crippen molar-refractivity contribution < 1.29 is 4.39 Å². The third-order valence-corrected chi connectivity index (χ3v) is 4.77. The minimum Gasteiger partial charge on any atom is -0.369 e. The fourth-order valence-corrected chi connectivity index (χ4v) is 3.05. The Bertz CT molecular complexity index is 400. The van der Waals surface area contributed by atoms with Gasteiger partial charge in [0.2, 0.25) is 0 Å². The van der Waals surface area contributed by atoms with Gasteiger partial charge in [-0.2, -0.15) is 0 Å². The van der Waals surface area contributed by atoms with Crippen molar-refractivity contribution in [3.05, 3.63) is 29.6 Å². The van der Waals surface area contributed by atoms with Gasteiger partial charge >= 0.3 is 0 Å². The van der Waals surface area contributed by atoms with Gasteiger partial charge in [-0.3, -0.25) is 0 Å². The Kier molecular flexibility index (Phi) is 3.94. The van der Waals surface area contributed by atoms with Crippen LogP contribution in [0.1, 0.15) is 45.1 Å². The molecule has 0 saturated carbocycles. The van der Waals surface area contributed by atoms with Gasteiger partial charge in [-0.25, -0.2) is 4.39 Å². The number of benzene rings is 1. The fourth-order valence-electron chi connectivity index (χ4n) is 3.05. The van der Waals surface area contributed by atoms with Crippen molar-refractivity contribution in [2.24, 2.45) is 5.41 Å². The maximum absolute atomic E-state index is 13.9. The van der Waals surface area contributed by atoms with Crippen LogP contribution in [0.25, 0.3) is 0 Å². The van der Waals surface area contributed by atoms with Crippen molar-refractivity contribution in [1.82, 2.24) is 0 Å². The Balaban J connectivity index is 2.10. The zero-order chi connectivity index (χ0) is 13.2.